The van der Waals surface area contributed by atoms with Crippen molar-refractivity contribution in [1.82, 2.24) is 4.90 Å². The van der Waals surface area contributed by atoms with E-state index in [1.165, 1.54) is 18.7 Å². The van der Waals surface area contributed by atoms with Crippen LogP contribution in [0.2, 0.25) is 0 Å². The molecule has 1 aliphatic rings. The van der Waals surface area contributed by atoms with Crippen molar-refractivity contribution in [3.05, 3.63) is 0 Å². The lowest BCUT2D eigenvalue weighted by molar-refractivity contribution is -0.208. The van der Waals surface area contributed by atoms with Crippen LogP contribution in [0, 0.1) is 0 Å². The Labute approximate surface area is 150 Å². The van der Waals surface area contributed by atoms with E-state index in [9.17, 15) is 24.0 Å². The molecule has 0 aliphatic carbocycles. The van der Waals surface area contributed by atoms with Crippen molar-refractivity contribution in [2.45, 2.75) is 59.0 Å². The lowest BCUT2D eigenvalue weighted by Gasteiger charge is -2.46. The summed E-state index contributed by atoms with van der Waals surface area (Å²) in [4.78, 5) is 58.9. The average Bonchev–Trinajstić information content (AvgIpc) is 2.47. The summed E-state index contributed by atoms with van der Waals surface area (Å²) in [7, 11) is 0. The smallest absolute Gasteiger partial charge is 0.303 e. The van der Waals surface area contributed by atoms with E-state index in [1.807, 2.05) is 0 Å². The van der Waals surface area contributed by atoms with Gasteiger partial charge in [0.25, 0.3) is 0 Å². The van der Waals surface area contributed by atoms with E-state index < -0.39 is 54.1 Å². The fourth-order valence-electron chi connectivity index (χ4n) is 2.78. The van der Waals surface area contributed by atoms with Crippen molar-refractivity contribution < 1.29 is 42.9 Å². The standard InChI is InChI=1S/C16H23NO9/c1-8(18)17-6-14(24-10(3)20)16(26-12(5)22)15(25-11(4)21)13(17)7-23-9(2)19/h13-16H,6-7H2,1-5H3. The number of rotatable bonds is 5. The van der Waals surface area contributed by atoms with Crippen molar-refractivity contribution in [1.29, 1.82) is 0 Å². The van der Waals surface area contributed by atoms with Gasteiger partial charge in [-0.1, -0.05) is 0 Å². The predicted octanol–water partition coefficient (Wildman–Crippen LogP) is -0.425. The van der Waals surface area contributed by atoms with Crippen molar-refractivity contribution >= 4 is 29.8 Å². The Hall–Kier alpha value is -2.65. The summed E-state index contributed by atoms with van der Waals surface area (Å²) in [5.41, 5.74) is 0. The Balaban J connectivity index is 3.29. The Morgan fingerprint density at radius 2 is 1.27 bits per heavy atom. The largest absolute Gasteiger partial charge is 0.464 e. The maximum Gasteiger partial charge on any atom is 0.303 e. The monoisotopic (exact) mass is 373 g/mol. The minimum absolute atomic E-state index is 0.115. The molecule has 26 heavy (non-hydrogen) atoms. The molecular formula is C16H23NO9. The van der Waals surface area contributed by atoms with Crippen molar-refractivity contribution in [2.24, 2.45) is 0 Å². The number of piperidine rings is 1. The van der Waals surface area contributed by atoms with Crippen LogP contribution in [0.5, 0.6) is 0 Å². The minimum atomic E-state index is -1.18. The van der Waals surface area contributed by atoms with Gasteiger partial charge in [-0.25, -0.2) is 0 Å². The molecule has 1 fully saturated rings. The molecule has 1 heterocycles. The molecule has 0 aromatic heterocycles. The normalized spacial score (nSPS) is 25.0. The van der Waals surface area contributed by atoms with Crippen LogP contribution >= 0.6 is 0 Å². The summed E-state index contributed by atoms with van der Waals surface area (Å²) in [6, 6.07) is -0.906. The van der Waals surface area contributed by atoms with Gasteiger partial charge in [-0.15, -0.1) is 0 Å². The average molecular weight is 373 g/mol. The summed E-state index contributed by atoms with van der Waals surface area (Å²) in [6.07, 6.45) is -3.38. The molecule has 0 spiro atoms. The van der Waals surface area contributed by atoms with Crippen molar-refractivity contribution in [3.8, 4) is 0 Å². The lowest BCUT2D eigenvalue weighted by Crippen LogP contribution is -2.66. The number of ether oxygens (including phenoxy) is 4. The van der Waals surface area contributed by atoms with Gasteiger partial charge in [0, 0.05) is 34.6 Å². The summed E-state index contributed by atoms with van der Waals surface area (Å²) in [6.45, 7) is 5.51. The molecule has 0 saturated carbocycles. The molecule has 146 valence electrons. The zero-order valence-electron chi connectivity index (χ0n) is 15.3. The van der Waals surface area contributed by atoms with Gasteiger partial charge in [0.05, 0.1) is 6.54 Å². The van der Waals surface area contributed by atoms with Crippen LogP contribution in [0.4, 0.5) is 0 Å². The van der Waals surface area contributed by atoms with Crippen LogP contribution < -0.4 is 0 Å². The summed E-state index contributed by atoms with van der Waals surface area (Å²) in [5.74, 6) is -3.06. The van der Waals surface area contributed by atoms with Crippen LogP contribution in [0.25, 0.3) is 0 Å². The summed E-state index contributed by atoms with van der Waals surface area (Å²) in [5, 5.41) is 0. The fourth-order valence-corrected chi connectivity index (χ4v) is 2.78. The molecule has 0 bridgehead atoms. The first-order valence-corrected chi connectivity index (χ1v) is 7.95. The SMILES string of the molecule is CC(=O)OCC1C(OC(C)=O)C(OC(C)=O)C(OC(C)=O)CN1C(C)=O. The molecule has 0 N–H and O–H groups in total. The molecule has 10 nitrogen and oxygen atoms in total. The van der Waals surface area contributed by atoms with Crippen LogP contribution in [0.15, 0.2) is 0 Å². The molecule has 10 heteroatoms. The lowest BCUT2D eigenvalue weighted by atomic mass is 9.93. The third-order valence-corrected chi connectivity index (χ3v) is 3.63. The van der Waals surface area contributed by atoms with Gasteiger partial charge < -0.3 is 23.8 Å². The molecule has 1 amide bonds. The van der Waals surface area contributed by atoms with E-state index >= 15 is 0 Å². The maximum atomic E-state index is 12.0. The quantitative estimate of drug-likeness (QED) is 0.466. The number of hydrogen-bond donors (Lipinski definition) is 0. The molecule has 1 rings (SSSR count). The Kier molecular flexibility index (Phi) is 7.54. The van der Waals surface area contributed by atoms with E-state index in [0.717, 1.165) is 20.8 Å². The third kappa shape index (κ3) is 6.01. The molecule has 4 unspecified atom stereocenters. The van der Waals surface area contributed by atoms with E-state index in [1.54, 1.807) is 0 Å². The van der Waals surface area contributed by atoms with E-state index in [0.29, 0.717) is 0 Å². The van der Waals surface area contributed by atoms with E-state index in [-0.39, 0.29) is 13.2 Å². The van der Waals surface area contributed by atoms with Gasteiger partial charge >= 0.3 is 23.9 Å². The summed E-state index contributed by atoms with van der Waals surface area (Å²) >= 11 is 0. The molecule has 0 radical (unpaired) electrons. The van der Waals surface area contributed by atoms with E-state index in [2.05, 4.69) is 0 Å². The number of carbonyl (C=O) groups is 5. The fraction of sp³-hybridized carbons (Fsp3) is 0.688. The Morgan fingerprint density at radius 3 is 1.69 bits per heavy atom. The first-order valence-electron chi connectivity index (χ1n) is 7.95. The highest BCUT2D eigenvalue weighted by atomic mass is 16.6. The van der Waals surface area contributed by atoms with Crippen molar-refractivity contribution in [3.63, 3.8) is 0 Å². The van der Waals surface area contributed by atoms with Crippen LogP contribution in [-0.2, 0) is 42.9 Å². The first kappa shape index (κ1) is 21.4. The Morgan fingerprint density at radius 1 is 0.769 bits per heavy atom. The van der Waals surface area contributed by atoms with Crippen LogP contribution in [0.1, 0.15) is 34.6 Å². The predicted molar refractivity (Wildman–Crippen MR) is 84.5 cm³/mol. The number of hydrogen-bond acceptors (Lipinski definition) is 9. The highest BCUT2D eigenvalue weighted by molar-refractivity contribution is 5.75. The zero-order chi connectivity index (χ0) is 20.0. The number of carbonyl (C=O) groups excluding carboxylic acids is 5. The van der Waals surface area contributed by atoms with Crippen LogP contribution in [-0.4, -0.2) is 72.2 Å². The zero-order valence-corrected chi connectivity index (χ0v) is 15.3. The van der Waals surface area contributed by atoms with Gasteiger partial charge in [-0.2, -0.15) is 0 Å². The van der Waals surface area contributed by atoms with Crippen LogP contribution in [0.3, 0.4) is 0 Å². The topological polar surface area (TPSA) is 126 Å². The van der Waals surface area contributed by atoms with Gasteiger partial charge in [0.1, 0.15) is 12.6 Å². The molecular weight excluding hydrogens is 350 g/mol. The van der Waals surface area contributed by atoms with Gasteiger partial charge in [0.2, 0.25) is 5.91 Å². The molecule has 1 saturated heterocycles. The highest BCUT2D eigenvalue weighted by Gasteiger charge is 2.50. The van der Waals surface area contributed by atoms with Gasteiger partial charge in [-0.05, 0) is 0 Å². The highest BCUT2D eigenvalue weighted by Crippen LogP contribution is 2.27. The number of nitrogens with zero attached hydrogens (tertiary/aromatic N) is 1. The number of esters is 4. The second kappa shape index (κ2) is 9.16. The van der Waals surface area contributed by atoms with E-state index in [4.69, 9.17) is 18.9 Å². The molecule has 1 aliphatic heterocycles. The number of amides is 1. The number of likely N-dealkylation sites (tertiary alicyclic amines) is 1. The first-order chi connectivity index (χ1) is 12.0. The van der Waals surface area contributed by atoms with Crippen molar-refractivity contribution in [2.75, 3.05) is 13.2 Å². The maximum absolute atomic E-state index is 12.0. The Bertz CT molecular complexity index is 586. The van der Waals surface area contributed by atoms with Gasteiger partial charge in [-0.3, -0.25) is 24.0 Å². The van der Waals surface area contributed by atoms with Gasteiger partial charge in [0.15, 0.2) is 18.3 Å². The molecule has 4 atom stereocenters. The third-order valence-electron chi connectivity index (χ3n) is 3.63. The second-order valence-electron chi connectivity index (χ2n) is 5.84. The summed E-state index contributed by atoms with van der Waals surface area (Å²) < 4.78 is 20.6. The minimum Gasteiger partial charge on any atom is -0.464 e. The molecule has 0 aromatic rings. The molecule has 0 aromatic carbocycles. The second-order valence-corrected chi connectivity index (χ2v) is 5.84.